The molecule has 4 heteroatoms. The fraction of sp³-hybridized carbons (Fsp3) is 0.471. The molecule has 2 heterocycles. The van der Waals surface area contributed by atoms with Crippen LogP contribution in [0.4, 0.5) is 0 Å². The van der Waals surface area contributed by atoms with E-state index >= 15 is 0 Å². The second kappa shape index (κ2) is 6.31. The number of nitrogens with one attached hydrogen (secondary N) is 1. The fourth-order valence-electron chi connectivity index (χ4n) is 2.65. The zero-order valence-electron chi connectivity index (χ0n) is 12.8. The Hall–Kier alpha value is -1.81. The highest BCUT2D eigenvalue weighted by molar-refractivity contribution is 5.39. The predicted octanol–water partition coefficient (Wildman–Crippen LogP) is 2.56. The van der Waals surface area contributed by atoms with E-state index in [1.165, 1.54) is 16.8 Å². The molecule has 0 radical (unpaired) electrons. The van der Waals surface area contributed by atoms with Crippen molar-refractivity contribution < 1.29 is 4.74 Å². The number of hydrogen-bond donors (Lipinski definition) is 1. The fourth-order valence-corrected chi connectivity index (χ4v) is 2.65. The lowest BCUT2D eigenvalue weighted by Crippen LogP contribution is -2.24. The summed E-state index contributed by atoms with van der Waals surface area (Å²) < 4.78 is 7.65. The molecule has 1 aromatic heterocycles. The first-order valence-electron chi connectivity index (χ1n) is 7.71. The van der Waals surface area contributed by atoms with Gasteiger partial charge in [-0.1, -0.05) is 26.0 Å². The van der Waals surface area contributed by atoms with Gasteiger partial charge in [0.1, 0.15) is 5.75 Å². The molecular weight excluding hydrogens is 262 g/mol. The zero-order chi connectivity index (χ0) is 14.7. The third kappa shape index (κ3) is 3.45. The number of nitrogens with zero attached hydrogens (tertiary/aromatic N) is 2. The number of hydrogen-bond acceptors (Lipinski definition) is 3. The first-order chi connectivity index (χ1) is 10.2. The van der Waals surface area contributed by atoms with Crippen LogP contribution in [-0.2, 0) is 25.9 Å². The lowest BCUT2D eigenvalue weighted by Gasteiger charge is -2.11. The van der Waals surface area contributed by atoms with Crippen LogP contribution in [0.3, 0.4) is 0 Å². The van der Waals surface area contributed by atoms with Gasteiger partial charge in [-0.05, 0) is 29.7 Å². The molecule has 3 rings (SSSR count). The normalized spacial score (nSPS) is 13.5. The number of aromatic nitrogens is 2. The maximum absolute atomic E-state index is 5.55. The van der Waals surface area contributed by atoms with Crippen molar-refractivity contribution in [1.29, 1.82) is 0 Å². The van der Waals surface area contributed by atoms with Crippen molar-refractivity contribution >= 4 is 0 Å². The van der Waals surface area contributed by atoms with Crippen LogP contribution in [0.1, 0.15) is 30.7 Å². The first kappa shape index (κ1) is 14.1. The van der Waals surface area contributed by atoms with E-state index in [4.69, 9.17) is 4.74 Å². The number of aryl methyl sites for hydroxylation is 2. The molecule has 2 aromatic rings. The third-order valence-electron chi connectivity index (χ3n) is 3.86. The van der Waals surface area contributed by atoms with Gasteiger partial charge < -0.3 is 10.1 Å². The molecule has 0 aliphatic carbocycles. The van der Waals surface area contributed by atoms with Crippen molar-refractivity contribution in [2.24, 2.45) is 0 Å². The standard InChI is InChI=1S/C17H23N3O/c1-13(2)18-12-16-5-8-19-20(16)9-6-14-3-4-17-15(11-14)7-10-21-17/h3-5,8,11,13,18H,6-7,9-10,12H2,1-2H3. The van der Waals surface area contributed by atoms with Crippen LogP contribution in [0.5, 0.6) is 5.75 Å². The van der Waals surface area contributed by atoms with Crippen molar-refractivity contribution in [3.8, 4) is 5.75 Å². The van der Waals surface area contributed by atoms with Crippen molar-refractivity contribution in [2.75, 3.05) is 6.61 Å². The highest BCUT2D eigenvalue weighted by atomic mass is 16.5. The van der Waals surface area contributed by atoms with Gasteiger partial charge in [0.15, 0.2) is 0 Å². The van der Waals surface area contributed by atoms with Gasteiger partial charge in [0, 0.05) is 31.7 Å². The number of fused-ring (bicyclic) bond motifs is 1. The molecule has 1 N–H and O–H groups in total. The summed E-state index contributed by atoms with van der Waals surface area (Å²) in [4.78, 5) is 0. The molecular formula is C17H23N3O. The summed E-state index contributed by atoms with van der Waals surface area (Å²) in [6.07, 6.45) is 3.92. The van der Waals surface area contributed by atoms with E-state index in [2.05, 4.69) is 53.2 Å². The minimum atomic E-state index is 0.491. The van der Waals surface area contributed by atoms with Crippen molar-refractivity contribution in [2.45, 2.75) is 45.8 Å². The van der Waals surface area contributed by atoms with E-state index in [1.807, 2.05) is 6.20 Å². The van der Waals surface area contributed by atoms with Crippen LogP contribution >= 0.6 is 0 Å². The Morgan fingerprint density at radius 2 is 2.24 bits per heavy atom. The van der Waals surface area contributed by atoms with Crippen LogP contribution in [0.25, 0.3) is 0 Å². The van der Waals surface area contributed by atoms with E-state index in [-0.39, 0.29) is 0 Å². The number of benzene rings is 1. The molecule has 0 saturated heterocycles. The summed E-state index contributed by atoms with van der Waals surface area (Å²) in [7, 11) is 0. The molecule has 21 heavy (non-hydrogen) atoms. The van der Waals surface area contributed by atoms with Gasteiger partial charge in [-0.3, -0.25) is 4.68 Å². The SMILES string of the molecule is CC(C)NCc1ccnn1CCc1ccc2c(c1)CCO2. The molecule has 112 valence electrons. The van der Waals surface area contributed by atoms with E-state index in [9.17, 15) is 0 Å². The minimum absolute atomic E-state index is 0.491. The smallest absolute Gasteiger partial charge is 0.122 e. The van der Waals surface area contributed by atoms with Crippen molar-refractivity contribution in [3.05, 3.63) is 47.3 Å². The Morgan fingerprint density at radius 1 is 1.33 bits per heavy atom. The molecule has 0 amide bonds. The van der Waals surface area contributed by atoms with Gasteiger partial charge in [-0.15, -0.1) is 0 Å². The minimum Gasteiger partial charge on any atom is -0.493 e. The summed E-state index contributed by atoms with van der Waals surface area (Å²) in [5.74, 6) is 1.06. The van der Waals surface area contributed by atoms with Crippen LogP contribution in [0.15, 0.2) is 30.5 Å². The van der Waals surface area contributed by atoms with Gasteiger partial charge in [0.25, 0.3) is 0 Å². The Balaban J connectivity index is 1.61. The predicted molar refractivity (Wildman–Crippen MR) is 83.5 cm³/mol. The quantitative estimate of drug-likeness (QED) is 0.886. The average Bonchev–Trinajstić information content (AvgIpc) is 3.11. The molecule has 1 aliphatic rings. The van der Waals surface area contributed by atoms with Gasteiger partial charge in [-0.2, -0.15) is 5.10 Å². The van der Waals surface area contributed by atoms with Crippen molar-refractivity contribution in [1.82, 2.24) is 15.1 Å². The zero-order valence-corrected chi connectivity index (χ0v) is 12.8. The maximum atomic E-state index is 5.55. The number of rotatable bonds is 6. The van der Waals surface area contributed by atoms with Crippen LogP contribution in [-0.4, -0.2) is 22.4 Å². The Labute approximate surface area is 126 Å². The molecule has 0 spiro atoms. The number of ether oxygens (including phenoxy) is 1. The lowest BCUT2D eigenvalue weighted by molar-refractivity contribution is 0.357. The monoisotopic (exact) mass is 285 g/mol. The second-order valence-electron chi connectivity index (χ2n) is 5.87. The summed E-state index contributed by atoms with van der Waals surface area (Å²) in [6, 6.07) is 9.12. The van der Waals surface area contributed by atoms with Gasteiger partial charge >= 0.3 is 0 Å². The highest BCUT2D eigenvalue weighted by Gasteiger charge is 2.12. The van der Waals surface area contributed by atoms with Gasteiger partial charge in [-0.25, -0.2) is 0 Å². The molecule has 0 unspecified atom stereocenters. The third-order valence-corrected chi connectivity index (χ3v) is 3.86. The van der Waals surface area contributed by atoms with Gasteiger partial charge in [0.2, 0.25) is 0 Å². The summed E-state index contributed by atoms with van der Waals surface area (Å²) in [6.45, 7) is 6.93. The molecule has 4 nitrogen and oxygen atoms in total. The Kier molecular flexibility index (Phi) is 4.25. The van der Waals surface area contributed by atoms with E-state index < -0.39 is 0 Å². The summed E-state index contributed by atoms with van der Waals surface area (Å²) >= 11 is 0. The van der Waals surface area contributed by atoms with Crippen molar-refractivity contribution in [3.63, 3.8) is 0 Å². The topological polar surface area (TPSA) is 39.1 Å². The van der Waals surface area contributed by atoms with E-state index in [0.717, 1.165) is 38.3 Å². The van der Waals surface area contributed by atoms with E-state index in [0.29, 0.717) is 6.04 Å². The lowest BCUT2D eigenvalue weighted by atomic mass is 10.1. The Bertz CT molecular complexity index is 604. The van der Waals surface area contributed by atoms with E-state index in [1.54, 1.807) is 0 Å². The highest BCUT2D eigenvalue weighted by Crippen LogP contribution is 2.26. The summed E-state index contributed by atoms with van der Waals surface area (Å²) in [5, 5.41) is 7.88. The summed E-state index contributed by atoms with van der Waals surface area (Å²) in [5.41, 5.74) is 3.94. The molecule has 0 fully saturated rings. The molecule has 0 saturated carbocycles. The molecule has 1 aliphatic heterocycles. The molecule has 0 bridgehead atoms. The average molecular weight is 285 g/mol. The van der Waals surface area contributed by atoms with Crippen LogP contribution < -0.4 is 10.1 Å². The molecule has 1 aromatic carbocycles. The molecule has 0 atom stereocenters. The Morgan fingerprint density at radius 3 is 3.10 bits per heavy atom. The van der Waals surface area contributed by atoms with Gasteiger partial charge in [0.05, 0.1) is 12.3 Å². The van der Waals surface area contributed by atoms with Crippen LogP contribution in [0.2, 0.25) is 0 Å². The first-order valence-corrected chi connectivity index (χ1v) is 7.71. The maximum Gasteiger partial charge on any atom is 0.122 e. The largest absolute Gasteiger partial charge is 0.493 e. The van der Waals surface area contributed by atoms with Crippen LogP contribution in [0, 0.1) is 0 Å². The second-order valence-corrected chi connectivity index (χ2v) is 5.87.